The smallest absolute Gasteiger partial charge is 0.386 e. The Morgan fingerprint density at radius 3 is 2.88 bits per heavy atom. The average Bonchev–Trinajstić information content (AvgIpc) is 3.54. The second kappa shape index (κ2) is 10.7. The number of nitrogens with zero attached hydrogens (tertiary/aromatic N) is 4. The molecule has 2 unspecified atom stereocenters. The summed E-state index contributed by atoms with van der Waals surface area (Å²) in [5.41, 5.74) is 5.30. The summed E-state index contributed by atoms with van der Waals surface area (Å²) >= 11 is 9.38. The first-order chi connectivity index (χ1) is 19.0. The minimum absolute atomic E-state index is 0.0934. The molecule has 3 fully saturated rings. The number of H-pyrrole nitrogens is 1. The molecule has 5 N–H and O–H groups in total. The van der Waals surface area contributed by atoms with Gasteiger partial charge in [0, 0.05) is 30.8 Å². The first-order valence-corrected chi connectivity index (χ1v) is 17.2. The number of rotatable bonds is 3. The van der Waals surface area contributed by atoms with E-state index in [1.165, 1.54) is 29.4 Å². The van der Waals surface area contributed by atoms with Crippen molar-refractivity contribution in [3.05, 3.63) is 41.2 Å². The number of anilines is 1. The maximum Gasteiger partial charge on any atom is 0.386 e. The highest BCUT2D eigenvalue weighted by Crippen LogP contribution is 2.60. The number of aliphatic hydroxyl groups is 1. The molecule has 3 aromatic rings. The summed E-state index contributed by atoms with van der Waals surface area (Å²) < 4.78 is 49.2. The highest BCUT2D eigenvalue weighted by Gasteiger charge is 2.52. The highest BCUT2D eigenvalue weighted by molar-refractivity contribution is 8.44. The summed E-state index contributed by atoms with van der Waals surface area (Å²) in [6, 6.07) is 3.05. The molecule has 1 aliphatic carbocycles. The Kier molecular flexibility index (Phi) is 7.55. The van der Waals surface area contributed by atoms with Crippen molar-refractivity contribution in [3.63, 3.8) is 0 Å². The monoisotopic (exact) mass is 634 g/mol. The molecule has 2 aliphatic heterocycles. The number of aromatic amines is 1. The molecule has 6 rings (SSSR count). The zero-order valence-electron chi connectivity index (χ0n) is 20.3. The van der Waals surface area contributed by atoms with Gasteiger partial charge in [0.25, 0.3) is 5.56 Å². The molecule has 3 aliphatic rings. The van der Waals surface area contributed by atoms with E-state index < -0.39 is 61.9 Å². The fourth-order valence-corrected chi connectivity index (χ4v) is 8.14. The van der Waals surface area contributed by atoms with Crippen LogP contribution < -0.4 is 16.0 Å². The summed E-state index contributed by atoms with van der Waals surface area (Å²) in [5.74, 6) is -0.264. The molecule has 0 radical (unpaired) electrons. The maximum absolute atomic E-state index is 13.3. The molecule has 5 heterocycles. The van der Waals surface area contributed by atoms with Crippen molar-refractivity contribution in [3.8, 4) is 5.88 Å². The second-order valence-electron chi connectivity index (χ2n) is 9.37. The molecule has 40 heavy (non-hydrogen) atoms. The largest absolute Gasteiger partial charge is 0.474 e. The van der Waals surface area contributed by atoms with E-state index in [1.54, 1.807) is 6.07 Å². The van der Waals surface area contributed by atoms with Crippen LogP contribution in [0.3, 0.4) is 0 Å². The Morgan fingerprint density at radius 2 is 2.10 bits per heavy atom. The zero-order valence-corrected chi connectivity index (χ0v) is 23.8. The highest BCUT2D eigenvalue weighted by atomic mass is 32.7. The van der Waals surface area contributed by atoms with E-state index in [0.717, 1.165) is 0 Å². The number of thiol groups is 1. The first-order valence-electron chi connectivity index (χ1n) is 12.0. The molecule has 2 bridgehead atoms. The van der Waals surface area contributed by atoms with Crippen LogP contribution in [0.25, 0.3) is 11.0 Å². The summed E-state index contributed by atoms with van der Waals surface area (Å²) in [4.78, 5) is 37.7. The van der Waals surface area contributed by atoms with Gasteiger partial charge in [0.2, 0.25) is 11.8 Å². The molecule has 20 heteroatoms. The number of nitrogens with one attached hydrogen (secondary N) is 1. The maximum atomic E-state index is 13.3. The second-order valence-corrected chi connectivity index (χ2v) is 15.0. The van der Waals surface area contributed by atoms with Crippen LogP contribution in [0.1, 0.15) is 19.1 Å². The summed E-state index contributed by atoms with van der Waals surface area (Å²) in [6.07, 6.45) is -2.07. The van der Waals surface area contributed by atoms with E-state index in [9.17, 15) is 19.4 Å². The van der Waals surface area contributed by atoms with Crippen LogP contribution in [-0.4, -0.2) is 71.8 Å². The Hall–Kier alpha value is -1.95. The van der Waals surface area contributed by atoms with Crippen LogP contribution in [-0.2, 0) is 39.2 Å². The lowest BCUT2D eigenvalue weighted by molar-refractivity contribution is -0.132. The number of aromatic nitrogens is 5. The lowest BCUT2D eigenvalue weighted by Gasteiger charge is -2.29. The van der Waals surface area contributed by atoms with E-state index in [4.69, 9.17) is 45.1 Å². The Labute approximate surface area is 236 Å². The Morgan fingerprint density at radius 1 is 1.27 bits per heavy atom. The normalized spacial score (nSPS) is 38.4. The molecule has 216 valence electrons. The molecule has 0 aromatic carbocycles. The average molecular weight is 635 g/mol. The van der Waals surface area contributed by atoms with Crippen molar-refractivity contribution < 1.29 is 42.1 Å². The van der Waals surface area contributed by atoms with Gasteiger partial charge in [0.1, 0.15) is 24.6 Å². The van der Waals surface area contributed by atoms with Crippen molar-refractivity contribution in [2.45, 2.75) is 49.8 Å². The summed E-state index contributed by atoms with van der Waals surface area (Å²) in [6.45, 7) is -8.33. The van der Waals surface area contributed by atoms with Crippen LogP contribution in [0.4, 0.5) is 5.95 Å². The number of ether oxygens (including phenoxy) is 2. The van der Waals surface area contributed by atoms with E-state index >= 15 is 0 Å². The van der Waals surface area contributed by atoms with Crippen LogP contribution in [0.15, 0.2) is 35.6 Å². The van der Waals surface area contributed by atoms with Gasteiger partial charge in [-0.25, -0.2) is 14.5 Å². The van der Waals surface area contributed by atoms with Crippen LogP contribution in [0.5, 0.6) is 5.88 Å². The predicted molar refractivity (Wildman–Crippen MR) is 144 cm³/mol. The van der Waals surface area contributed by atoms with Gasteiger partial charge in [-0.1, -0.05) is 12.2 Å². The minimum atomic E-state index is -4.13. The van der Waals surface area contributed by atoms with E-state index in [1.807, 2.05) is 0 Å². The number of nitrogens with two attached hydrogens (primary N) is 1. The van der Waals surface area contributed by atoms with E-state index in [2.05, 4.69) is 32.2 Å². The predicted octanol–water partition coefficient (Wildman–Crippen LogP) is 1.24. The molecular formula is C20H24N6O10P2S2. The van der Waals surface area contributed by atoms with Gasteiger partial charge < -0.3 is 38.8 Å². The van der Waals surface area contributed by atoms with E-state index in [-0.39, 0.29) is 30.0 Å². The SMILES string of the molecule is Nc1nc2c(ccn2[C@@H]2O[C@@H]3OP(O)(=S)O[C@H]4C[C@H](Oc5ccncn5)C[C@@H]4COP(=O)(S)O[C@@H]2[C@@H]3O)c(=O)[nH]1. The first kappa shape index (κ1) is 28.2. The van der Waals surface area contributed by atoms with Crippen molar-refractivity contribution in [1.82, 2.24) is 24.5 Å². The molecule has 0 spiro atoms. The van der Waals surface area contributed by atoms with Gasteiger partial charge in [0.05, 0.1) is 18.1 Å². The standard InChI is InChI=1S/C20H24N6O10P2S2/c21-20-24-16-11(17(28)25-20)2-4-26(16)18-15-14(27)19(33-18)36-38(30,40)34-12-6-10(32-13-1-3-22-8-23-13)5-9(12)7-31-37(29,39)35-15/h1-4,8-10,12,14-15,18-19,27H,5-7H2,(H,29,39)(H,30,40)(H3,21,24,25,28)/t9-,10-,12+,14+,15-,18-,19-,37?,38?/m1/s1. The van der Waals surface area contributed by atoms with Gasteiger partial charge in [-0.05, 0) is 24.3 Å². The lowest BCUT2D eigenvalue weighted by atomic mass is 10.1. The number of fused-ring (bicyclic) bond motifs is 4. The van der Waals surface area contributed by atoms with Crippen molar-refractivity contribution in [2.75, 3.05) is 12.3 Å². The third-order valence-corrected chi connectivity index (χ3v) is 9.83. The molecular weight excluding hydrogens is 610 g/mol. The fraction of sp³-hybridized carbons (Fsp3) is 0.500. The number of hydrogen-bond acceptors (Lipinski definition) is 14. The van der Waals surface area contributed by atoms with E-state index in [0.29, 0.717) is 12.3 Å². The third kappa shape index (κ3) is 5.71. The molecule has 16 nitrogen and oxygen atoms in total. The zero-order chi connectivity index (χ0) is 28.2. The minimum Gasteiger partial charge on any atom is -0.474 e. The number of aliphatic hydroxyl groups excluding tert-OH is 1. The van der Waals surface area contributed by atoms with Crippen LogP contribution in [0, 0.1) is 5.92 Å². The summed E-state index contributed by atoms with van der Waals surface area (Å²) in [5, 5.41) is 11.2. The van der Waals surface area contributed by atoms with Crippen LogP contribution in [0.2, 0.25) is 0 Å². The molecule has 0 amide bonds. The lowest BCUT2D eigenvalue weighted by Crippen LogP contribution is -2.35. The topological polar surface area (TPSA) is 215 Å². The van der Waals surface area contributed by atoms with Crippen molar-refractivity contribution >= 4 is 54.6 Å². The summed E-state index contributed by atoms with van der Waals surface area (Å²) in [7, 11) is 0. The van der Waals surface area contributed by atoms with Gasteiger partial charge in [-0.3, -0.25) is 18.8 Å². The molecule has 9 atom stereocenters. The van der Waals surface area contributed by atoms with Gasteiger partial charge in [-0.15, -0.1) is 0 Å². The van der Waals surface area contributed by atoms with Gasteiger partial charge in [0.15, 0.2) is 18.2 Å². The molecule has 2 saturated heterocycles. The van der Waals surface area contributed by atoms with Crippen LogP contribution >= 0.6 is 25.8 Å². The van der Waals surface area contributed by atoms with Crippen molar-refractivity contribution in [1.29, 1.82) is 0 Å². The Bertz CT molecular complexity index is 1560. The van der Waals surface area contributed by atoms with Gasteiger partial charge >= 0.3 is 13.5 Å². The quantitative estimate of drug-likeness (QED) is 0.202. The van der Waals surface area contributed by atoms with Crippen molar-refractivity contribution in [2.24, 2.45) is 5.92 Å². The molecule has 1 saturated carbocycles. The fourth-order valence-electron chi connectivity index (χ4n) is 4.97. The Balaban J connectivity index is 1.29. The number of hydrogen-bond donors (Lipinski definition) is 5. The third-order valence-electron chi connectivity index (χ3n) is 6.69. The van der Waals surface area contributed by atoms with Gasteiger partial charge in [-0.2, -0.15) is 4.98 Å². The molecule has 3 aromatic heterocycles. The number of nitrogen functional groups attached to an aromatic ring is 1.